The fraction of sp³-hybridized carbons (Fsp3) is 0.111. The van der Waals surface area contributed by atoms with Crippen LogP contribution in [0.4, 0.5) is 19.5 Å². The van der Waals surface area contributed by atoms with Crippen LogP contribution in [0, 0.1) is 11.6 Å². The number of halogens is 2. The Morgan fingerprint density at radius 3 is 2.67 bits per heavy atom. The van der Waals surface area contributed by atoms with E-state index >= 15 is 0 Å². The molecule has 27 heavy (non-hydrogen) atoms. The number of aliphatic imine (C=N–C) groups is 1. The van der Waals surface area contributed by atoms with E-state index < -0.39 is 17.7 Å². The lowest BCUT2D eigenvalue weighted by atomic mass is 9.92. The van der Waals surface area contributed by atoms with Crippen molar-refractivity contribution in [3.8, 4) is 0 Å². The van der Waals surface area contributed by atoms with E-state index in [0.29, 0.717) is 22.3 Å². The molecular formula is C18H12F2N4O3. The van der Waals surface area contributed by atoms with Crippen LogP contribution in [-0.2, 0) is 4.74 Å². The average molecular weight is 370 g/mol. The van der Waals surface area contributed by atoms with Crippen LogP contribution in [0.15, 0.2) is 35.3 Å². The summed E-state index contributed by atoms with van der Waals surface area (Å²) in [4.78, 5) is 34.6. The molecule has 1 aliphatic heterocycles. The van der Waals surface area contributed by atoms with Crippen molar-refractivity contribution in [1.82, 2.24) is 9.97 Å². The highest BCUT2D eigenvalue weighted by molar-refractivity contribution is 6.22. The molecule has 3 aromatic rings. The molecule has 0 saturated heterocycles. The zero-order chi connectivity index (χ0) is 19.1. The summed E-state index contributed by atoms with van der Waals surface area (Å²) < 4.78 is 31.8. The molecule has 0 bridgehead atoms. The van der Waals surface area contributed by atoms with Gasteiger partial charge in [-0.2, -0.15) is 0 Å². The number of methoxy groups -OCH3 is 1. The number of nitrogens with one attached hydrogen (secondary N) is 2. The Balaban J connectivity index is 1.78. The topological polar surface area (TPSA) is 96.4 Å². The van der Waals surface area contributed by atoms with E-state index in [1.165, 1.54) is 7.11 Å². The highest BCUT2D eigenvalue weighted by atomic mass is 19.2. The van der Waals surface area contributed by atoms with E-state index in [1.54, 1.807) is 18.2 Å². The molecule has 0 radical (unpaired) electrons. The average Bonchev–Trinajstić information content (AvgIpc) is 3.05. The normalized spacial score (nSPS) is 13.3. The Bertz CT molecular complexity index is 1140. The number of imidazole rings is 1. The van der Waals surface area contributed by atoms with E-state index in [4.69, 9.17) is 0 Å². The number of aromatic nitrogens is 2. The number of hydrogen-bond donors (Lipinski definition) is 2. The third-order valence-corrected chi connectivity index (χ3v) is 4.16. The first-order valence-electron chi connectivity index (χ1n) is 7.88. The summed E-state index contributed by atoms with van der Waals surface area (Å²) in [6, 6.07) is 6.95. The first-order valence-corrected chi connectivity index (χ1v) is 7.88. The van der Waals surface area contributed by atoms with E-state index in [9.17, 15) is 18.4 Å². The molecule has 0 spiro atoms. The number of aromatic amines is 1. The lowest BCUT2D eigenvalue weighted by Gasteiger charge is -2.16. The van der Waals surface area contributed by atoms with Crippen LogP contribution in [0.1, 0.15) is 21.5 Å². The van der Waals surface area contributed by atoms with Gasteiger partial charge in [-0.25, -0.2) is 18.6 Å². The molecule has 0 atom stereocenters. The summed E-state index contributed by atoms with van der Waals surface area (Å²) in [5, 5.41) is 2.42. The minimum Gasteiger partial charge on any atom is -0.453 e. The Morgan fingerprint density at radius 2 is 1.93 bits per heavy atom. The number of ketones is 1. The summed E-state index contributed by atoms with van der Waals surface area (Å²) in [5.41, 5.74) is 2.46. The molecule has 1 amide bonds. The zero-order valence-corrected chi connectivity index (χ0v) is 14.0. The van der Waals surface area contributed by atoms with Gasteiger partial charge in [-0.05, 0) is 24.3 Å². The molecule has 2 aromatic carbocycles. The Morgan fingerprint density at radius 1 is 1.19 bits per heavy atom. The van der Waals surface area contributed by atoms with Crippen molar-refractivity contribution in [3.63, 3.8) is 0 Å². The monoisotopic (exact) mass is 370 g/mol. The molecule has 0 saturated carbocycles. The molecule has 136 valence electrons. The van der Waals surface area contributed by atoms with Crippen LogP contribution >= 0.6 is 0 Å². The third-order valence-electron chi connectivity index (χ3n) is 4.16. The smallest absolute Gasteiger partial charge is 0.413 e. The number of ether oxygens (including phenoxy) is 1. The van der Waals surface area contributed by atoms with Crippen molar-refractivity contribution in [2.75, 3.05) is 19.0 Å². The van der Waals surface area contributed by atoms with Crippen LogP contribution in [-0.4, -0.2) is 41.2 Å². The highest BCUT2D eigenvalue weighted by Crippen LogP contribution is 2.25. The molecular weight excluding hydrogens is 358 g/mol. The first-order chi connectivity index (χ1) is 13.0. The van der Waals surface area contributed by atoms with Gasteiger partial charge in [-0.3, -0.25) is 15.1 Å². The maximum Gasteiger partial charge on any atom is 0.413 e. The molecule has 2 heterocycles. The fourth-order valence-electron chi connectivity index (χ4n) is 2.91. The molecule has 4 rings (SSSR count). The number of H-pyrrole nitrogens is 1. The number of carbonyl (C=O) groups excluding carboxylic acids is 2. The summed E-state index contributed by atoms with van der Waals surface area (Å²) >= 11 is 0. The molecule has 1 aromatic heterocycles. The van der Waals surface area contributed by atoms with Crippen LogP contribution in [0.2, 0.25) is 0 Å². The van der Waals surface area contributed by atoms with Crippen LogP contribution in [0.3, 0.4) is 0 Å². The number of rotatable bonds is 2. The van der Waals surface area contributed by atoms with Gasteiger partial charge in [0.1, 0.15) is 6.54 Å². The molecule has 1 aliphatic rings. The number of benzene rings is 2. The molecule has 7 nitrogen and oxygen atoms in total. The lowest BCUT2D eigenvalue weighted by Crippen LogP contribution is -2.20. The summed E-state index contributed by atoms with van der Waals surface area (Å²) in [7, 11) is 1.23. The van der Waals surface area contributed by atoms with E-state index in [2.05, 4.69) is 25.0 Å². The molecule has 2 N–H and O–H groups in total. The van der Waals surface area contributed by atoms with Crippen molar-refractivity contribution in [3.05, 3.63) is 58.7 Å². The number of amides is 1. The second-order valence-corrected chi connectivity index (χ2v) is 5.83. The van der Waals surface area contributed by atoms with Gasteiger partial charge in [-0.1, -0.05) is 6.07 Å². The number of nitrogens with zero attached hydrogens (tertiary/aromatic N) is 2. The van der Waals surface area contributed by atoms with Crippen molar-refractivity contribution in [2.45, 2.75) is 0 Å². The van der Waals surface area contributed by atoms with E-state index in [-0.39, 0.29) is 29.4 Å². The number of carbonyl (C=O) groups is 2. The van der Waals surface area contributed by atoms with Gasteiger partial charge in [0.15, 0.2) is 17.4 Å². The SMILES string of the molecule is COC(=O)Nc1nc2ccc(C3=NCC(=O)c4cc(F)c(F)cc43)cc2[nH]1. The van der Waals surface area contributed by atoms with Crippen molar-refractivity contribution >= 4 is 34.6 Å². The summed E-state index contributed by atoms with van der Waals surface area (Å²) in [6.07, 6.45) is -0.670. The predicted octanol–water partition coefficient (Wildman–Crippen LogP) is 3.05. The third kappa shape index (κ3) is 2.92. The Labute approximate surface area is 151 Å². The maximum absolute atomic E-state index is 13.7. The Kier molecular flexibility index (Phi) is 3.91. The lowest BCUT2D eigenvalue weighted by molar-refractivity contribution is 0.0999. The van der Waals surface area contributed by atoms with Gasteiger partial charge >= 0.3 is 6.09 Å². The molecule has 0 unspecified atom stereocenters. The highest BCUT2D eigenvalue weighted by Gasteiger charge is 2.24. The number of hydrogen-bond acceptors (Lipinski definition) is 5. The van der Waals surface area contributed by atoms with Crippen molar-refractivity contribution < 1.29 is 23.1 Å². The van der Waals surface area contributed by atoms with Gasteiger partial charge in [-0.15, -0.1) is 0 Å². The number of anilines is 1. The maximum atomic E-state index is 13.7. The number of Topliss-reactive ketones (excluding diaryl/α,β-unsaturated/α-hetero) is 1. The van der Waals surface area contributed by atoms with Crippen LogP contribution in [0.25, 0.3) is 11.0 Å². The van der Waals surface area contributed by atoms with Crippen LogP contribution < -0.4 is 5.32 Å². The summed E-state index contributed by atoms with van der Waals surface area (Å²) in [6.45, 7) is -0.149. The number of fused-ring (bicyclic) bond motifs is 2. The fourth-order valence-corrected chi connectivity index (χ4v) is 2.91. The Hall–Kier alpha value is -3.62. The second-order valence-electron chi connectivity index (χ2n) is 5.83. The van der Waals surface area contributed by atoms with Gasteiger partial charge in [0.2, 0.25) is 5.95 Å². The van der Waals surface area contributed by atoms with Gasteiger partial charge < -0.3 is 9.72 Å². The molecule has 9 heteroatoms. The van der Waals surface area contributed by atoms with Gasteiger partial charge in [0.05, 0.1) is 23.9 Å². The van der Waals surface area contributed by atoms with Crippen LogP contribution in [0.5, 0.6) is 0 Å². The second kappa shape index (κ2) is 6.27. The predicted molar refractivity (Wildman–Crippen MR) is 93.3 cm³/mol. The largest absolute Gasteiger partial charge is 0.453 e. The minimum atomic E-state index is -1.08. The van der Waals surface area contributed by atoms with E-state index in [0.717, 1.165) is 12.1 Å². The molecule has 0 aliphatic carbocycles. The van der Waals surface area contributed by atoms with Gasteiger partial charge in [0, 0.05) is 16.7 Å². The summed E-state index contributed by atoms with van der Waals surface area (Å²) in [5.74, 6) is -2.31. The molecule has 0 fully saturated rings. The van der Waals surface area contributed by atoms with Gasteiger partial charge in [0.25, 0.3) is 0 Å². The quantitative estimate of drug-likeness (QED) is 0.725. The zero-order valence-electron chi connectivity index (χ0n) is 14.0. The van der Waals surface area contributed by atoms with Crippen molar-refractivity contribution in [1.29, 1.82) is 0 Å². The minimum absolute atomic E-state index is 0.0941. The van der Waals surface area contributed by atoms with Crippen molar-refractivity contribution in [2.24, 2.45) is 4.99 Å². The van der Waals surface area contributed by atoms with E-state index in [1.807, 2.05) is 0 Å². The standard InChI is InChI=1S/C18H12F2N4O3/c1-27-18(26)24-17-22-13-3-2-8(4-14(13)23-17)16-10-6-12(20)11(19)5-9(10)15(25)7-21-16/h2-6H,7H2,1H3,(H2,22,23,24,26). The first kappa shape index (κ1) is 16.8.